The lowest BCUT2D eigenvalue weighted by atomic mass is 10.2. The Morgan fingerprint density at radius 1 is 1.14 bits per heavy atom. The van der Waals surface area contributed by atoms with Crippen LogP contribution in [0.4, 0.5) is 10.7 Å². The van der Waals surface area contributed by atoms with E-state index in [1.54, 1.807) is 7.05 Å². The van der Waals surface area contributed by atoms with Crippen molar-refractivity contribution in [2.24, 2.45) is 11.5 Å². The zero-order valence-electron chi connectivity index (χ0n) is 11.5. The van der Waals surface area contributed by atoms with Gasteiger partial charge in [-0.2, -0.15) is 0 Å². The Balaban J connectivity index is 2.40. The molecule has 0 bridgehead atoms. The zero-order valence-corrected chi connectivity index (χ0v) is 12.3. The standard InChI is InChI=1S/C14H16N4O2S/c1-18(7-8-5-3-2-4-6-8)14-9(12(16)19)10(15)11(21-14)13(17)20/h2-6H,7,15H2,1H3,(H2,16,19)(H2,17,20). The summed E-state index contributed by atoms with van der Waals surface area (Å²) < 4.78 is 0. The average molecular weight is 304 g/mol. The van der Waals surface area contributed by atoms with Crippen molar-refractivity contribution in [1.82, 2.24) is 0 Å². The fourth-order valence-electron chi connectivity index (χ4n) is 2.05. The van der Waals surface area contributed by atoms with Gasteiger partial charge in [0.05, 0.1) is 11.3 Å². The van der Waals surface area contributed by atoms with Crippen LogP contribution < -0.4 is 22.1 Å². The SMILES string of the molecule is CN(Cc1ccccc1)c1sc(C(N)=O)c(N)c1C(N)=O. The van der Waals surface area contributed by atoms with Crippen molar-refractivity contribution in [3.05, 3.63) is 46.3 Å². The van der Waals surface area contributed by atoms with Gasteiger partial charge >= 0.3 is 0 Å². The van der Waals surface area contributed by atoms with Gasteiger partial charge in [0.1, 0.15) is 9.88 Å². The molecule has 0 saturated heterocycles. The lowest BCUT2D eigenvalue weighted by Crippen LogP contribution is -2.21. The highest BCUT2D eigenvalue weighted by Crippen LogP contribution is 2.37. The van der Waals surface area contributed by atoms with Gasteiger partial charge < -0.3 is 22.1 Å². The third-order valence-corrected chi connectivity index (χ3v) is 4.34. The number of nitrogen functional groups attached to an aromatic ring is 1. The second-order valence-corrected chi connectivity index (χ2v) is 5.59. The summed E-state index contributed by atoms with van der Waals surface area (Å²) in [5, 5.41) is 0.539. The minimum absolute atomic E-state index is 0.0508. The minimum atomic E-state index is -0.675. The van der Waals surface area contributed by atoms with E-state index >= 15 is 0 Å². The highest BCUT2D eigenvalue weighted by Gasteiger charge is 2.25. The number of anilines is 2. The molecule has 1 aromatic heterocycles. The number of amides is 2. The Labute approximate surface area is 126 Å². The third-order valence-electron chi connectivity index (χ3n) is 3.01. The second-order valence-electron chi connectivity index (χ2n) is 4.60. The van der Waals surface area contributed by atoms with Crippen LogP contribution in [0, 0.1) is 0 Å². The molecule has 0 unspecified atom stereocenters. The van der Waals surface area contributed by atoms with Crippen LogP contribution in [0.2, 0.25) is 0 Å². The second kappa shape index (κ2) is 5.84. The molecule has 7 heteroatoms. The van der Waals surface area contributed by atoms with Crippen LogP contribution in [0.15, 0.2) is 30.3 Å². The summed E-state index contributed by atoms with van der Waals surface area (Å²) in [5.74, 6) is -1.34. The molecule has 1 heterocycles. The number of hydrogen-bond donors (Lipinski definition) is 3. The molecule has 6 N–H and O–H groups in total. The molecule has 6 nitrogen and oxygen atoms in total. The smallest absolute Gasteiger partial charge is 0.260 e. The van der Waals surface area contributed by atoms with Gasteiger partial charge in [0.15, 0.2) is 0 Å². The monoisotopic (exact) mass is 304 g/mol. The van der Waals surface area contributed by atoms with Crippen molar-refractivity contribution in [2.75, 3.05) is 17.7 Å². The number of thiophene rings is 1. The number of nitrogens with two attached hydrogens (primary N) is 3. The van der Waals surface area contributed by atoms with Gasteiger partial charge in [0.2, 0.25) is 0 Å². The molecule has 0 spiro atoms. The fraction of sp³-hybridized carbons (Fsp3) is 0.143. The van der Waals surface area contributed by atoms with Crippen LogP contribution in [0.1, 0.15) is 25.6 Å². The van der Waals surface area contributed by atoms with Crippen molar-refractivity contribution in [3.8, 4) is 0 Å². The first kappa shape index (κ1) is 14.9. The van der Waals surface area contributed by atoms with E-state index < -0.39 is 11.8 Å². The Morgan fingerprint density at radius 3 is 2.29 bits per heavy atom. The first-order chi connectivity index (χ1) is 9.91. The van der Waals surface area contributed by atoms with E-state index in [-0.39, 0.29) is 16.1 Å². The van der Waals surface area contributed by atoms with E-state index in [1.807, 2.05) is 35.2 Å². The molecule has 2 amide bonds. The predicted octanol–water partition coefficient (Wildman–Crippen LogP) is 1.16. The lowest BCUT2D eigenvalue weighted by Gasteiger charge is -2.18. The number of carbonyl (C=O) groups excluding carboxylic acids is 2. The van der Waals surface area contributed by atoms with Gasteiger partial charge in [-0.1, -0.05) is 30.3 Å². The molecule has 0 radical (unpaired) electrons. The van der Waals surface area contributed by atoms with Crippen LogP contribution in [-0.2, 0) is 6.54 Å². The zero-order chi connectivity index (χ0) is 15.6. The van der Waals surface area contributed by atoms with Crippen LogP contribution >= 0.6 is 11.3 Å². The van der Waals surface area contributed by atoms with E-state index in [0.29, 0.717) is 11.5 Å². The summed E-state index contributed by atoms with van der Waals surface area (Å²) in [7, 11) is 1.80. The van der Waals surface area contributed by atoms with E-state index in [2.05, 4.69) is 0 Å². The first-order valence-corrected chi connectivity index (χ1v) is 7.00. The number of benzene rings is 1. The molecule has 0 aliphatic rings. The first-order valence-electron chi connectivity index (χ1n) is 6.18. The fourth-order valence-corrected chi connectivity index (χ4v) is 3.09. The summed E-state index contributed by atoms with van der Waals surface area (Å²) in [6, 6.07) is 9.71. The summed E-state index contributed by atoms with van der Waals surface area (Å²) in [6.45, 7) is 0.555. The van der Waals surface area contributed by atoms with Gasteiger partial charge in [-0.3, -0.25) is 9.59 Å². The molecule has 0 aliphatic carbocycles. The molecule has 1 aromatic carbocycles. The normalized spacial score (nSPS) is 10.3. The van der Waals surface area contributed by atoms with Crippen molar-refractivity contribution in [1.29, 1.82) is 0 Å². The Hall–Kier alpha value is -2.54. The Kier molecular flexibility index (Phi) is 4.13. The minimum Gasteiger partial charge on any atom is -0.397 e. The number of hydrogen-bond acceptors (Lipinski definition) is 5. The quantitative estimate of drug-likeness (QED) is 0.768. The number of nitrogens with zero attached hydrogens (tertiary/aromatic N) is 1. The van der Waals surface area contributed by atoms with Crippen LogP contribution in [-0.4, -0.2) is 18.9 Å². The van der Waals surface area contributed by atoms with E-state index in [0.717, 1.165) is 16.9 Å². The number of carbonyl (C=O) groups is 2. The van der Waals surface area contributed by atoms with Crippen molar-refractivity contribution in [3.63, 3.8) is 0 Å². The summed E-state index contributed by atoms with van der Waals surface area (Å²) >= 11 is 1.08. The van der Waals surface area contributed by atoms with Gasteiger partial charge in [-0.15, -0.1) is 11.3 Å². The maximum Gasteiger partial charge on any atom is 0.260 e. The maximum absolute atomic E-state index is 11.6. The van der Waals surface area contributed by atoms with E-state index in [9.17, 15) is 9.59 Å². The molecule has 0 saturated carbocycles. The summed E-state index contributed by atoms with van der Waals surface area (Å²) in [5.41, 5.74) is 17.7. The predicted molar refractivity (Wildman–Crippen MR) is 84.3 cm³/mol. The van der Waals surface area contributed by atoms with Crippen LogP contribution in [0.5, 0.6) is 0 Å². The molecule has 110 valence electrons. The highest BCUT2D eigenvalue weighted by molar-refractivity contribution is 7.19. The van der Waals surface area contributed by atoms with Gasteiger partial charge in [-0.05, 0) is 5.56 Å². The average Bonchev–Trinajstić information content (AvgIpc) is 2.78. The van der Waals surface area contributed by atoms with Crippen LogP contribution in [0.25, 0.3) is 0 Å². The molecule has 0 atom stereocenters. The van der Waals surface area contributed by atoms with Gasteiger partial charge in [0.25, 0.3) is 11.8 Å². The molecular formula is C14H16N4O2S. The molecule has 2 rings (SSSR count). The Morgan fingerprint density at radius 2 is 1.76 bits per heavy atom. The molecule has 21 heavy (non-hydrogen) atoms. The molecule has 0 aliphatic heterocycles. The lowest BCUT2D eigenvalue weighted by molar-refractivity contribution is 0.0999. The van der Waals surface area contributed by atoms with Crippen molar-refractivity contribution in [2.45, 2.75) is 6.54 Å². The van der Waals surface area contributed by atoms with E-state index in [4.69, 9.17) is 17.2 Å². The van der Waals surface area contributed by atoms with Crippen molar-refractivity contribution >= 4 is 33.8 Å². The summed E-state index contributed by atoms with van der Waals surface area (Å²) in [6.07, 6.45) is 0. The molecular weight excluding hydrogens is 288 g/mol. The summed E-state index contributed by atoms with van der Waals surface area (Å²) in [4.78, 5) is 25.0. The number of rotatable bonds is 5. The van der Waals surface area contributed by atoms with Crippen molar-refractivity contribution < 1.29 is 9.59 Å². The molecule has 0 fully saturated rings. The molecule has 2 aromatic rings. The van der Waals surface area contributed by atoms with Gasteiger partial charge in [-0.25, -0.2) is 0 Å². The van der Waals surface area contributed by atoms with Gasteiger partial charge in [0, 0.05) is 13.6 Å². The third kappa shape index (κ3) is 2.97. The maximum atomic E-state index is 11.6. The number of primary amides is 2. The van der Waals surface area contributed by atoms with E-state index in [1.165, 1.54) is 0 Å². The Bertz CT molecular complexity index is 682. The largest absolute Gasteiger partial charge is 0.397 e. The topological polar surface area (TPSA) is 115 Å². The van der Waals surface area contributed by atoms with Crippen LogP contribution in [0.3, 0.4) is 0 Å². The highest BCUT2D eigenvalue weighted by atomic mass is 32.1.